The van der Waals surface area contributed by atoms with Gasteiger partial charge in [-0.1, -0.05) is 18.5 Å². The largest absolute Gasteiger partial charge is 0.460 e. The predicted molar refractivity (Wildman–Crippen MR) is 95.5 cm³/mol. The summed E-state index contributed by atoms with van der Waals surface area (Å²) in [5.41, 5.74) is 6.64. The molecule has 0 bridgehead atoms. The molecule has 2 unspecified atom stereocenters. The Morgan fingerprint density at radius 1 is 1.38 bits per heavy atom. The van der Waals surface area contributed by atoms with Crippen molar-refractivity contribution in [1.29, 1.82) is 0 Å². The monoisotopic (exact) mass is 371 g/mol. The van der Waals surface area contributed by atoms with Gasteiger partial charge in [-0.05, 0) is 24.1 Å². The lowest BCUT2D eigenvalue weighted by Crippen LogP contribution is -2.28. The van der Waals surface area contributed by atoms with Crippen LogP contribution in [0.1, 0.15) is 12.7 Å². The number of rotatable bonds is 4. The van der Waals surface area contributed by atoms with Crippen molar-refractivity contribution in [3.63, 3.8) is 0 Å². The van der Waals surface area contributed by atoms with Gasteiger partial charge in [0.15, 0.2) is 0 Å². The average Bonchev–Trinajstić information content (AvgIpc) is 3.06. The molecule has 0 spiro atoms. The zero-order chi connectivity index (χ0) is 16.6. The molecule has 2 N–H and O–H groups in total. The lowest BCUT2D eigenvalue weighted by Gasteiger charge is -2.12. The molecule has 8 heteroatoms. The summed E-state index contributed by atoms with van der Waals surface area (Å²) < 4.78 is 5.85. The van der Waals surface area contributed by atoms with Crippen molar-refractivity contribution in [2.45, 2.75) is 19.5 Å². The third-order valence-corrected chi connectivity index (χ3v) is 4.53. The number of nitrogens with two attached hydrogens (primary N) is 1. The van der Waals surface area contributed by atoms with Crippen molar-refractivity contribution in [3.05, 3.63) is 51.2 Å². The highest BCUT2D eigenvalue weighted by Gasteiger charge is 2.27. The molecule has 1 aliphatic rings. The molecular weight excluding hydrogens is 353 g/mol. The average molecular weight is 372 g/mol. The highest BCUT2D eigenvalue weighted by atomic mass is 35.5. The molecular formula is C16H19Cl2N3O3. The van der Waals surface area contributed by atoms with E-state index >= 15 is 0 Å². The van der Waals surface area contributed by atoms with Crippen molar-refractivity contribution in [1.82, 2.24) is 4.90 Å². The van der Waals surface area contributed by atoms with Crippen molar-refractivity contribution in [3.8, 4) is 11.3 Å². The van der Waals surface area contributed by atoms with Gasteiger partial charge in [0.05, 0.1) is 16.5 Å². The molecule has 2 atom stereocenters. The third-order valence-electron chi connectivity index (χ3n) is 4.22. The molecule has 1 aromatic heterocycles. The molecule has 3 rings (SSSR count). The van der Waals surface area contributed by atoms with E-state index in [1.54, 1.807) is 6.07 Å². The van der Waals surface area contributed by atoms with E-state index in [2.05, 4.69) is 11.8 Å². The number of nitrogens with zero attached hydrogens (tertiary/aromatic N) is 2. The van der Waals surface area contributed by atoms with Crippen LogP contribution in [0.15, 0.2) is 34.7 Å². The number of nitro benzene ring substituents is 1. The Balaban J connectivity index is 0.00000208. The van der Waals surface area contributed by atoms with Gasteiger partial charge < -0.3 is 10.2 Å². The number of halogens is 2. The minimum atomic E-state index is -0.471. The van der Waals surface area contributed by atoms with Gasteiger partial charge >= 0.3 is 0 Å². The number of non-ortho nitro benzene ring substituents is 1. The number of benzene rings is 1. The summed E-state index contributed by atoms with van der Waals surface area (Å²) in [5.74, 6) is 1.92. The SMILES string of the molecule is CC1CN(Cc2ccc(-c3ccc([N+](=O)[O-])cc3Cl)o2)CC1N.Cl. The summed E-state index contributed by atoms with van der Waals surface area (Å²) in [6.45, 7) is 4.66. The molecule has 2 heterocycles. The van der Waals surface area contributed by atoms with Gasteiger partial charge in [-0.15, -0.1) is 12.4 Å². The fourth-order valence-corrected chi connectivity index (χ4v) is 3.14. The first-order chi connectivity index (χ1) is 10.9. The first-order valence-corrected chi connectivity index (χ1v) is 7.83. The Labute approximate surface area is 151 Å². The normalized spacial score (nSPS) is 20.8. The number of likely N-dealkylation sites (tertiary alicyclic amines) is 1. The zero-order valence-corrected chi connectivity index (χ0v) is 14.7. The molecule has 24 heavy (non-hydrogen) atoms. The van der Waals surface area contributed by atoms with Gasteiger partial charge in [-0.3, -0.25) is 15.0 Å². The summed E-state index contributed by atoms with van der Waals surface area (Å²) >= 11 is 6.13. The van der Waals surface area contributed by atoms with Gasteiger partial charge in [0, 0.05) is 36.8 Å². The topological polar surface area (TPSA) is 85.5 Å². The number of furan rings is 1. The van der Waals surface area contributed by atoms with Crippen LogP contribution in [0.5, 0.6) is 0 Å². The van der Waals surface area contributed by atoms with Crippen LogP contribution < -0.4 is 5.73 Å². The highest BCUT2D eigenvalue weighted by Crippen LogP contribution is 2.32. The van der Waals surface area contributed by atoms with Gasteiger partial charge in [0.25, 0.3) is 5.69 Å². The first kappa shape index (κ1) is 18.7. The molecule has 1 aromatic carbocycles. The van der Waals surface area contributed by atoms with Gasteiger partial charge in [0.1, 0.15) is 11.5 Å². The molecule has 1 aliphatic heterocycles. The number of hydrogen-bond acceptors (Lipinski definition) is 5. The Morgan fingerprint density at radius 3 is 2.71 bits per heavy atom. The zero-order valence-electron chi connectivity index (χ0n) is 13.1. The lowest BCUT2D eigenvalue weighted by molar-refractivity contribution is -0.384. The second-order valence-electron chi connectivity index (χ2n) is 6.02. The molecule has 0 radical (unpaired) electrons. The second kappa shape index (κ2) is 7.53. The molecule has 1 fully saturated rings. The molecule has 0 aliphatic carbocycles. The molecule has 6 nitrogen and oxygen atoms in total. The van der Waals surface area contributed by atoms with Crippen LogP contribution in [0.2, 0.25) is 5.02 Å². The maximum Gasteiger partial charge on any atom is 0.270 e. The van der Waals surface area contributed by atoms with E-state index in [1.807, 2.05) is 12.1 Å². The third kappa shape index (κ3) is 3.89. The van der Waals surface area contributed by atoms with E-state index in [0.717, 1.165) is 18.8 Å². The van der Waals surface area contributed by atoms with E-state index in [1.165, 1.54) is 12.1 Å². The first-order valence-electron chi connectivity index (χ1n) is 7.45. The van der Waals surface area contributed by atoms with Crippen LogP contribution >= 0.6 is 24.0 Å². The maximum atomic E-state index is 10.8. The Bertz CT molecular complexity index is 725. The fourth-order valence-electron chi connectivity index (χ4n) is 2.87. The predicted octanol–water partition coefficient (Wildman–Crippen LogP) is 3.71. The van der Waals surface area contributed by atoms with Gasteiger partial charge in [-0.25, -0.2) is 0 Å². The van der Waals surface area contributed by atoms with Crippen molar-refractivity contribution >= 4 is 29.7 Å². The number of hydrogen-bond donors (Lipinski definition) is 1. The Kier molecular flexibility index (Phi) is 5.87. The van der Waals surface area contributed by atoms with Crippen molar-refractivity contribution < 1.29 is 9.34 Å². The van der Waals surface area contributed by atoms with E-state index in [9.17, 15) is 10.1 Å². The lowest BCUT2D eigenvalue weighted by atomic mass is 10.1. The van der Waals surface area contributed by atoms with E-state index in [0.29, 0.717) is 28.8 Å². The quantitative estimate of drug-likeness (QED) is 0.653. The summed E-state index contributed by atoms with van der Waals surface area (Å²) in [7, 11) is 0. The fraction of sp³-hybridized carbons (Fsp3) is 0.375. The van der Waals surface area contributed by atoms with Crippen LogP contribution in [-0.4, -0.2) is 29.0 Å². The smallest absolute Gasteiger partial charge is 0.270 e. The maximum absolute atomic E-state index is 10.8. The minimum Gasteiger partial charge on any atom is -0.460 e. The van der Waals surface area contributed by atoms with E-state index < -0.39 is 4.92 Å². The minimum absolute atomic E-state index is 0. The van der Waals surface area contributed by atoms with Crippen LogP contribution in [0.25, 0.3) is 11.3 Å². The van der Waals surface area contributed by atoms with Crippen LogP contribution in [0.3, 0.4) is 0 Å². The van der Waals surface area contributed by atoms with Gasteiger partial charge in [0.2, 0.25) is 0 Å². The van der Waals surface area contributed by atoms with E-state index in [4.69, 9.17) is 21.8 Å². The van der Waals surface area contributed by atoms with Crippen molar-refractivity contribution in [2.24, 2.45) is 11.7 Å². The standard InChI is InChI=1S/C16H18ClN3O3.ClH/c1-10-7-19(9-15(10)18)8-12-3-5-16(23-12)13-4-2-11(20(21)22)6-14(13)17;/h2-6,10,15H,7-9,18H2,1H3;1H. The highest BCUT2D eigenvalue weighted by molar-refractivity contribution is 6.33. The second-order valence-corrected chi connectivity index (χ2v) is 6.43. The summed E-state index contributed by atoms with van der Waals surface area (Å²) in [4.78, 5) is 12.5. The van der Waals surface area contributed by atoms with Crippen LogP contribution in [0, 0.1) is 16.0 Å². The van der Waals surface area contributed by atoms with Crippen molar-refractivity contribution in [2.75, 3.05) is 13.1 Å². The van der Waals surface area contributed by atoms with Crippen LogP contribution in [-0.2, 0) is 6.54 Å². The molecule has 130 valence electrons. The number of nitro groups is 1. The molecule has 0 saturated carbocycles. The Hall–Kier alpha value is -1.60. The molecule has 2 aromatic rings. The molecule has 1 saturated heterocycles. The van der Waals surface area contributed by atoms with E-state index in [-0.39, 0.29) is 24.1 Å². The Morgan fingerprint density at radius 2 is 2.12 bits per heavy atom. The van der Waals surface area contributed by atoms with Gasteiger partial charge in [-0.2, -0.15) is 0 Å². The summed E-state index contributed by atoms with van der Waals surface area (Å²) in [6.07, 6.45) is 0. The van der Waals surface area contributed by atoms with Crippen LogP contribution in [0.4, 0.5) is 5.69 Å². The molecule has 0 amide bonds. The summed E-state index contributed by atoms with van der Waals surface area (Å²) in [5, 5.41) is 11.1. The summed E-state index contributed by atoms with van der Waals surface area (Å²) in [6, 6.07) is 8.30.